The summed E-state index contributed by atoms with van der Waals surface area (Å²) in [7, 11) is 1.60. The predicted octanol–water partition coefficient (Wildman–Crippen LogP) is -0.601. The Labute approximate surface area is 54.1 Å². The smallest absolute Gasteiger partial charge is 0.188 e. The molecule has 0 heterocycles. The summed E-state index contributed by atoms with van der Waals surface area (Å²) in [5, 5.41) is 6.88. The van der Waals surface area contributed by atoms with Crippen LogP contribution in [0.25, 0.3) is 0 Å². The lowest BCUT2D eigenvalue weighted by molar-refractivity contribution is -0.110. The Kier molecular flexibility index (Phi) is 2.70. The lowest BCUT2D eigenvalue weighted by Gasteiger charge is -2.19. The normalized spacial score (nSPS) is 12.2. The molecule has 0 saturated carbocycles. The Morgan fingerprint density at radius 1 is 1.89 bits per heavy atom. The van der Waals surface area contributed by atoms with Crippen LogP contribution in [0.4, 0.5) is 0 Å². The number of nitrogens with one attached hydrogen (secondary N) is 1. The van der Waals surface area contributed by atoms with Gasteiger partial charge in [-0.05, 0) is 6.92 Å². The Morgan fingerprint density at radius 3 is 2.44 bits per heavy atom. The molecule has 52 valence electrons. The molecule has 0 spiro atoms. The van der Waals surface area contributed by atoms with Crippen LogP contribution in [0.2, 0.25) is 0 Å². The van der Waals surface area contributed by atoms with E-state index < -0.39 is 0 Å². The molecular weight excluding hydrogens is 118 g/mol. The number of carbonyl (C=O) groups excluding carboxylic acids is 1. The minimum absolute atomic E-state index is 0.0883. The molecule has 4 nitrogen and oxygen atoms in total. The maximum atomic E-state index is 10.1. The lowest BCUT2D eigenvalue weighted by atomic mass is 10.3. The highest BCUT2D eigenvalue weighted by Crippen LogP contribution is 1.87. The van der Waals surface area contributed by atoms with Crippen molar-refractivity contribution in [3.8, 4) is 0 Å². The van der Waals surface area contributed by atoms with Crippen molar-refractivity contribution in [1.29, 1.82) is 5.41 Å². The number of hydrogen-bond donors (Lipinski definition) is 2. The molecule has 9 heavy (non-hydrogen) atoms. The van der Waals surface area contributed by atoms with E-state index >= 15 is 0 Å². The number of rotatable bonds is 2. The largest absolute Gasteiger partial charge is 0.370 e. The fourth-order valence-electron chi connectivity index (χ4n) is 0.311. The maximum absolute atomic E-state index is 10.1. The van der Waals surface area contributed by atoms with Crippen molar-refractivity contribution >= 4 is 12.2 Å². The molecule has 0 aliphatic carbocycles. The molecule has 0 aromatic carbocycles. The molecule has 0 fully saturated rings. The summed E-state index contributed by atoms with van der Waals surface area (Å²) in [4.78, 5) is 11.4. The minimum Gasteiger partial charge on any atom is -0.370 e. The van der Waals surface area contributed by atoms with E-state index in [0.29, 0.717) is 0 Å². The second kappa shape index (κ2) is 3.06. The standard InChI is InChI=1S/C5H11N3O/c1-4(3-9)8(2)5(6)7/h3-4H,1-2H3,(H3,6,7). The van der Waals surface area contributed by atoms with Gasteiger partial charge in [0, 0.05) is 7.05 Å². The van der Waals surface area contributed by atoms with E-state index in [9.17, 15) is 4.79 Å². The fraction of sp³-hybridized carbons (Fsp3) is 0.600. The highest BCUT2D eigenvalue weighted by atomic mass is 16.1. The van der Waals surface area contributed by atoms with Gasteiger partial charge in [-0.3, -0.25) is 5.41 Å². The van der Waals surface area contributed by atoms with Crippen molar-refractivity contribution < 1.29 is 4.79 Å². The van der Waals surface area contributed by atoms with Crippen LogP contribution in [0.1, 0.15) is 6.92 Å². The van der Waals surface area contributed by atoms with Crippen molar-refractivity contribution in [2.45, 2.75) is 13.0 Å². The van der Waals surface area contributed by atoms with Crippen molar-refractivity contribution in [3.05, 3.63) is 0 Å². The van der Waals surface area contributed by atoms with Gasteiger partial charge in [0.15, 0.2) is 5.96 Å². The molecule has 0 aromatic heterocycles. The van der Waals surface area contributed by atoms with Gasteiger partial charge in [-0.1, -0.05) is 0 Å². The van der Waals surface area contributed by atoms with Gasteiger partial charge in [-0.2, -0.15) is 0 Å². The highest BCUT2D eigenvalue weighted by Gasteiger charge is 2.06. The number of aldehydes is 1. The van der Waals surface area contributed by atoms with Gasteiger partial charge in [0.25, 0.3) is 0 Å². The first-order chi connectivity index (χ1) is 4.09. The van der Waals surface area contributed by atoms with Gasteiger partial charge in [0.05, 0.1) is 6.04 Å². The highest BCUT2D eigenvalue weighted by molar-refractivity contribution is 5.77. The number of hydrogen-bond acceptors (Lipinski definition) is 2. The molecule has 3 N–H and O–H groups in total. The van der Waals surface area contributed by atoms with Gasteiger partial charge < -0.3 is 15.4 Å². The Bertz CT molecular complexity index is 123. The van der Waals surface area contributed by atoms with Crippen LogP contribution >= 0.6 is 0 Å². The molecule has 0 bridgehead atoms. The van der Waals surface area contributed by atoms with Gasteiger partial charge in [0.2, 0.25) is 0 Å². The molecule has 1 atom stereocenters. The lowest BCUT2D eigenvalue weighted by Crippen LogP contribution is -2.40. The molecule has 0 amide bonds. The summed E-state index contributed by atoms with van der Waals surface area (Å²) in [6.45, 7) is 1.68. The second-order valence-corrected chi connectivity index (χ2v) is 1.87. The molecule has 4 heteroatoms. The van der Waals surface area contributed by atoms with Crippen LogP contribution in [0.15, 0.2) is 0 Å². The Hall–Kier alpha value is -1.06. The van der Waals surface area contributed by atoms with Crippen molar-refractivity contribution in [1.82, 2.24) is 4.90 Å². The zero-order valence-electron chi connectivity index (χ0n) is 5.59. The van der Waals surface area contributed by atoms with E-state index in [4.69, 9.17) is 11.1 Å². The number of guanidine groups is 1. The SMILES string of the molecule is CC(C=O)N(C)C(=N)N. The Morgan fingerprint density at radius 2 is 2.33 bits per heavy atom. The minimum atomic E-state index is -0.303. The van der Waals surface area contributed by atoms with Crippen LogP contribution in [-0.2, 0) is 4.79 Å². The summed E-state index contributed by atoms with van der Waals surface area (Å²) < 4.78 is 0. The molecule has 0 radical (unpaired) electrons. The molecule has 0 saturated heterocycles. The second-order valence-electron chi connectivity index (χ2n) is 1.87. The van der Waals surface area contributed by atoms with Crippen LogP contribution < -0.4 is 5.73 Å². The molecule has 0 aromatic rings. The third kappa shape index (κ3) is 2.12. The van der Waals surface area contributed by atoms with Crippen LogP contribution in [0.3, 0.4) is 0 Å². The first kappa shape index (κ1) is 7.94. The maximum Gasteiger partial charge on any atom is 0.188 e. The summed E-state index contributed by atoms with van der Waals surface area (Å²) in [5.41, 5.74) is 5.06. The van der Waals surface area contributed by atoms with Crippen molar-refractivity contribution in [3.63, 3.8) is 0 Å². The number of nitrogens with zero attached hydrogens (tertiary/aromatic N) is 1. The summed E-state index contributed by atoms with van der Waals surface area (Å²) in [5.74, 6) is -0.0883. The van der Waals surface area contributed by atoms with Gasteiger partial charge in [-0.25, -0.2) is 0 Å². The number of nitrogens with two attached hydrogens (primary N) is 1. The zero-order chi connectivity index (χ0) is 7.44. The first-order valence-corrected chi connectivity index (χ1v) is 2.61. The van der Waals surface area contributed by atoms with E-state index in [1.54, 1.807) is 14.0 Å². The first-order valence-electron chi connectivity index (χ1n) is 2.61. The third-order valence-electron chi connectivity index (χ3n) is 1.19. The zero-order valence-corrected chi connectivity index (χ0v) is 5.59. The van der Waals surface area contributed by atoms with E-state index in [2.05, 4.69) is 0 Å². The summed E-state index contributed by atoms with van der Waals surface area (Å²) in [6.07, 6.45) is 0.737. The topological polar surface area (TPSA) is 70.2 Å². The van der Waals surface area contributed by atoms with Crippen molar-refractivity contribution in [2.75, 3.05) is 7.05 Å². The van der Waals surface area contributed by atoms with Gasteiger partial charge in [0.1, 0.15) is 6.29 Å². The Balaban J connectivity index is 3.86. The molecule has 0 aliphatic rings. The fourth-order valence-corrected chi connectivity index (χ4v) is 0.311. The van der Waals surface area contributed by atoms with Gasteiger partial charge >= 0.3 is 0 Å². The van der Waals surface area contributed by atoms with E-state index in [1.165, 1.54) is 4.90 Å². The van der Waals surface area contributed by atoms with Crippen molar-refractivity contribution in [2.24, 2.45) is 5.73 Å². The average molecular weight is 129 g/mol. The van der Waals surface area contributed by atoms with Crippen LogP contribution in [-0.4, -0.2) is 30.2 Å². The van der Waals surface area contributed by atoms with E-state index in [0.717, 1.165) is 6.29 Å². The van der Waals surface area contributed by atoms with E-state index in [-0.39, 0.29) is 12.0 Å². The predicted molar refractivity (Wildman–Crippen MR) is 35.2 cm³/mol. The molecular formula is C5H11N3O. The quantitative estimate of drug-likeness (QED) is 0.297. The summed E-state index contributed by atoms with van der Waals surface area (Å²) in [6, 6.07) is -0.303. The number of carbonyl (C=O) groups is 1. The van der Waals surface area contributed by atoms with Crippen LogP contribution in [0, 0.1) is 5.41 Å². The average Bonchev–Trinajstić information content (AvgIpc) is 1.84. The summed E-state index contributed by atoms with van der Waals surface area (Å²) >= 11 is 0. The van der Waals surface area contributed by atoms with E-state index in [1.807, 2.05) is 0 Å². The van der Waals surface area contributed by atoms with Crippen LogP contribution in [0.5, 0.6) is 0 Å². The number of likely N-dealkylation sites (N-methyl/N-ethyl adjacent to an activating group) is 1. The molecule has 0 aliphatic heterocycles. The third-order valence-corrected chi connectivity index (χ3v) is 1.19. The monoisotopic (exact) mass is 129 g/mol. The molecule has 0 rings (SSSR count). The molecule has 1 unspecified atom stereocenters. The van der Waals surface area contributed by atoms with Gasteiger partial charge in [-0.15, -0.1) is 0 Å².